The molecule has 2 amide bonds. The lowest BCUT2D eigenvalue weighted by Gasteiger charge is -2.26. The number of nitrogens with one attached hydrogen (secondary N) is 1. The Bertz CT molecular complexity index is 928. The summed E-state index contributed by atoms with van der Waals surface area (Å²) in [4.78, 5) is 33.1. The summed E-state index contributed by atoms with van der Waals surface area (Å²) in [5, 5.41) is 0. The topological polar surface area (TPSA) is 101 Å². The van der Waals surface area contributed by atoms with Crippen LogP contribution in [0.1, 0.15) is 50.6 Å². The van der Waals surface area contributed by atoms with E-state index in [2.05, 4.69) is 9.97 Å². The van der Waals surface area contributed by atoms with Crippen molar-refractivity contribution < 1.29 is 35.9 Å². The van der Waals surface area contributed by atoms with Crippen LogP contribution in [-0.2, 0) is 12.4 Å². The first kappa shape index (κ1) is 23.1. The molecule has 1 unspecified atom stereocenters. The van der Waals surface area contributed by atoms with Gasteiger partial charge in [-0.2, -0.15) is 26.3 Å². The minimum absolute atomic E-state index is 0.0562. The van der Waals surface area contributed by atoms with Crippen LogP contribution in [0.2, 0.25) is 0 Å². The van der Waals surface area contributed by atoms with E-state index < -0.39 is 46.9 Å². The molecule has 1 heterocycles. The van der Waals surface area contributed by atoms with Gasteiger partial charge in [-0.3, -0.25) is 20.0 Å². The normalized spacial score (nSPS) is 13.0. The van der Waals surface area contributed by atoms with Gasteiger partial charge < -0.3 is 4.90 Å². The van der Waals surface area contributed by atoms with Crippen LogP contribution < -0.4 is 11.3 Å². The molecule has 1 aromatic carbocycles. The van der Waals surface area contributed by atoms with Gasteiger partial charge in [0.15, 0.2) is 5.69 Å². The highest BCUT2D eigenvalue weighted by atomic mass is 19.4. The maximum Gasteiger partial charge on any atom is 0.416 e. The number of hydrogen-bond donors (Lipinski definition) is 2. The third kappa shape index (κ3) is 4.84. The summed E-state index contributed by atoms with van der Waals surface area (Å²) in [6.45, 7) is 1.37. The van der Waals surface area contributed by atoms with Gasteiger partial charge in [-0.25, -0.2) is 10.8 Å². The predicted octanol–water partition coefficient (Wildman–Crippen LogP) is 2.95. The second-order valence-corrected chi connectivity index (χ2v) is 6.15. The summed E-state index contributed by atoms with van der Waals surface area (Å²) in [6, 6.07) is -0.468. The van der Waals surface area contributed by atoms with Crippen molar-refractivity contribution in [1.29, 1.82) is 0 Å². The molecule has 0 aliphatic heterocycles. The van der Waals surface area contributed by atoms with Crippen molar-refractivity contribution in [1.82, 2.24) is 20.3 Å². The zero-order chi connectivity index (χ0) is 22.9. The van der Waals surface area contributed by atoms with Crippen LogP contribution in [0.25, 0.3) is 0 Å². The SMILES string of the molecule is CC(c1nccnc1C(=O)NN)N(C)C(=O)c1cc(C(F)(F)F)cc(C(F)(F)F)c1. The van der Waals surface area contributed by atoms with Crippen LogP contribution in [0.5, 0.6) is 0 Å². The minimum Gasteiger partial charge on any atom is -0.333 e. The molecule has 0 aliphatic rings. The average molecular weight is 435 g/mol. The Balaban J connectivity index is 2.49. The van der Waals surface area contributed by atoms with E-state index in [1.165, 1.54) is 19.3 Å². The summed E-state index contributed by atoms with van der Waals surface area (Å²) >= 11 is 0. The van der Waals surface area contributed by atoms with E-state index in [4.69, 9.17) is 5.84 Å². The molecule has 7 nitrogen and oxygen atoms in total. The number of hydrazine groups is 1. The highest BCUT2D eigenvalue weighted by Gasteiger charge is 2.38. The zero-order valence-electron chi connectivity index (χ0n) is 15.5. The van der Waals surface area contributed by atoms with E-state index in [1.807, 2.05) is 5.43 Å². The molecule has 2 rings (SSSR count). The number of nitrogens with two attached hydrogens (primary N) is 1. The van der Waals surface area contributed by atoms with Gasteiger partial charge in [0, 0.05) is 25.0 Å². The summed E-state index contributed by atoms with van der Waals surface area (Å²) in [7, 11) is 1.14. The van der Waals surface area contributed by atoms with Crippen LogP contribution in [0.4, 0.5) is 26.3 Å². The molecular formula is C17H15F6N5O2. The van der Waals surface area contributed by atoms with E-state index in [-0.39, 0.29) is 17.5 Å². The first-order valence-electron chi connectivity index (χ1n) is 8.15. The Kier molecular flexibility index (Phi) is 6.35. The number of nitrogen functional groups attached to an aromatic ring is 1. The van der Waals surface area contributed by atoms with E-state index in [0.29, 0.717) is 12.1 Å². The number of aromatic nitrogens is 2. The van der Waals surface area contributed by atoms with Gasteiger partial charge >= 0.3 is 12.4 Å². The Hall–Kier alpha value is -3.22. The average Bonchev–Trinajstić information content (AvgIpc) is 2.69. The van der Waals surface area contributed by atoms with Crippen LogP contribution in [-0.4, -0.2) is 33.7 Å². The fourth-order valence-electron chi connectivity index (χ4n) is 2.54. The Morgan fingerprint density at radius 1 is 1.00 bits per heavy atom. The molecule has 0 bridgehead atoms. The lowest BCUT2D eigenvalue weighted by atomic mass is 10.0. The molecule has 0 aliphatic carbocycles. The fraction of sp³-hybridized carbons (Fsp3) is 0.294. The molecule has 0 saturated carbocycles. The van der Waals surface area contributed by atoms with E-state index in [1.54, 1.807) is 0 Å². The van der Waals surface area contributed by atoms with Gasteiger partial charge in [-0.05, 0) is 25.1 Å². The lowest BCUT2D eigenvalue weighted by molar-refractivity contribution is -0.143. The zero-order valence-corrected chi connectivity index (χ0v) is 15.5. The van der Waals surface area contributed by atoms with Gasteiger partial charge in [0.1, 0.15) is 0 Å². The minimum atomic E-state index is -5.10. The fourth-order valence-corrected chi connectivity index (χ4v) is 2.54. The number of halogens is 6. The van der Waals surface area contributed by atoms with Crippen LogP contribution in [0, 0.1) is 0 Å². The molecule has 0 spiro atoms. The smallest absolute Gasteiger partial charge is 0.333 e. The molecule has 0 radical (unpaired) electrons. The summed E-state index contributed by atoms with van der Waals surface area (Å²) in [5.74, 6) is 3.06. The first-order chi connectivity index (χ1) is 13.8. The molecular weight excluding hydrogens is 420 g/mol. The number of hydrogen-bond acceptors (Lipinski definition) is 5. The van der Waals surface area contributed by atoms with Crippen molar-refractivity contribution >= 4 is 11.8 Å². The molecule has 1 atom stereocenters. The molecule has 0 saturated heterocycles. The molecule has 0 fully saturated rings. The van der Waals surface area contributed by atoms with Crippen molar-refractivity contribution in [2.45, 2.75) is 25.3 Å². The summed E-state index contributed by atoms with van der Waals surface area (Å²) in [6.07, 6.45) is -7.83. The van der Waals surface area contributed by atoms with Gasteiger partial charge in [-0.15, -0.1) is 0 Å². The van der Waals surface area contributed by atoms with Crippen molar-refractivity contribution in [3.05, 3.63) is 58.7 Å². The Labute approximate surface area is 165 Å². The van der Waals surface area contributed by atoms with Gasteiger partial charge in [-0.1, -0.05) is 0 Å². The second kappa shape index (κ2) is 8.26. The molecule has 1 aromatic heterocycles. The monoisotopic (exact) mass is 435 g/mol. The molecule has 162 valence electrons. The molecule has 3 N–H and O–H groups in total. The number of rotatable bonds is 4. The van der Waals surface area contributed by atoms with Gasteiger partial charge in [0.2, 0.25) is 0 Å². The van der Waals surface area contributed by atoms with Crippen molar-refractivity contribution in [3.63, 3.8) is 0 Å². The van der Waals surface area contributed by atoms with Crippen molar-refractivity contribution in [2.75, 3.05) is 7.05 Å². The number of nitrogens with zero attached hydrogens (tertiary/aromatic N) is 3. The number of carbonyl (C=O) groups excluding carboxylic acids is 2. The largest absolute Gasteiger partial charge is 0.416 e. The third-order valence-electron chi connectivity index (χ3n) is 4.20. The number of amides is 2. The van der Waals surface area contributed by atoms with Crippen molar-refractivity contribution in [2.24, 2.45) is 5.84 Å². The number of carbonyl (C=O) groups is 2. The number of benzene rings is 1. The van der Waals surface area contributed by atoms with Gasteiger partial charge in [0.05, 0.1) is 22.9 Å². The van der Waals surface area contributed by atoms with Gasteiger partial charge in [0.25, 0.3) is 11.8 Å². The van der Waals surface area contributed by atoms with Crippen LogP contribution in [0.3, 0.4) is 0 Å². The lowest BCUT2D eigenvalue weighted by Crippen LogP contribution is -2.35. The molecule has 13 heteroatoms. The summed E-state index contributed by atoms with van der Waals surface area (Å²) < 4.78 is 78.2. The first-order valence-corrected chi connectivity index (χ1v) is 8.15. The standard InChI is InChI=1S/C17H15F6N5O2/c1-8(12-13(14(29)27-24)26-4-3-25-12)28(2)15(30)9-5-10(16(18,19)20)7-11(6-9)17(21,22)23/h3-8H,24H2,1-2H3,(H,27,29). The summed E-state index contributed by atoms with van der Waals surface area (Å²) in [5.41, 5.74) is -2.56. The maximum atomic E-state index is 13.0. The van der Waals surface area contributed by atoms with Crippen LogP contribution in [0.15, 0.2) is 30.6 Å². The number of alkyl halides is 6. The van der Waals surface area contributed by atoms with Crippen LogP contribution >= 0.6 is 0 Å². The highest BCUT2D eigenvalue weighted by Crippen LogP contribution is 2.36. The third-order valence-corrected chi connectivity index (χ3v) is 4.20. The maximum absolute atomic E-state index is 13.0. The quantitative estimate of drug-likeness (QED) is 0.333. The Morgan fingerprint density at radius 2 is 1.50 bits per heavy atom. The van der Waals surface area contributed by atoms with E-state index in [9.17, 15) is 35.9 Å². The van der Waals surface area contributed by atoms with E-state index in [0.717, 1.165) is 11.9 Å². The molecule has 2 aromatic rings. The molecule has 30 heavy (non-hydrogen) atoms. The second-order valence-electron chi connectivity index (χ2n) is 6.15. The van der Waals surface area contributed by atoms with Crippen molar-refractivity contribution in [3.8, 4) is 0 Å². The van der Waals surface area contributed by atoms with E-state index >= 15 is 0 Å². The predicted molar refractivity (Wildman–Crippen MR) is 90.6 cm³/mol. The Morgan fingerprint density at radius 3 is 1.97 bits per heavy atom. The highest BCUT2D eigenvalue weighted by molar-refractivity contribution is 5.96.